The quantitative estimate of drug-likeness (QED) is 0.468. The predicted molar refractivity (Wildman–Crippen MR) is 113 cm³/mol. The number of hydrogen-bond acceptors (Lipinski definition) is 3. The molecule has 30 heavy (non-hydrogen) atoms. The number of benzene rings is 2. The summed E-state index contributed by atoms with van der Waals surface area (Å²) >= 11 is 0. The van der Waals surface area contributed by atoms with Crippen LogP contribution in [0, 0.1) is 25.5 Å². The largest absolute Gasteiger partial charge is 0.483 e. The minimum absolute atomic E-state index is 0.0206. The van der Waals surface area contributed by atoms with Crippen LogP contribution in [0.15, 0.2) is 58.3 Å². The van der Waals surface area contributed by atoms with Crippen molar-refractivity contribution in [3.8, 4) is 5.75 Å². The van der Waals surface area contributed by atoms with Crippen LogP contribution < -0.4 is 16.0 Å². The van der Waals surface area contributed by atoms with E-state index in [-0.39, 0.29) is 17.9 Å². The second kappa shape index (κ2) is 8.90. The van der Waals surface area contributed by atoms with E-state index in [0.29, 0.717) is 17.0 Å². The molecule has 0 radical (unpaired) electrons. The van der Waals surface area contributed by atoms with Gasteiger partial charge in [-0.1, -0.05) is 24.3 Å². The zero-order chi connectivity index (χ0) is 21.8. The van der Waals surface area contributed by atoms with Crippen molar-refractivity contribution < 1.29 is 13.5 Å². The smallest absolute Gasteiger partial charge is 0.253 e. The van der Waals surface area contributed by atoms with Gasteiger partial charge in [0, 0.05) is 22.9 Å². The number of halogens is 2. The van der Waals surface area contributed by atoms with Crippen molar-refractivity contribution in [2.75, 3.05) is 0 Å². The number of aliphatic imine (C=N–C) groups is 1. The van der Waals surface area contributed by atoms with Gasteiger partial charge < -0.3 is 15.5 Å². The molecule has 0 saturated heterocycles. The average molecular weight is 411 g/mol. The molecule has 1 unspecified atom stereocenters. The Morgan fingerprint density at radius 3 is 2.47 bits per heavy atom. The predicted octanol–water partition coefficient (Wildman–Crippen LogP) is 4.32. The van der Waals surface area contributed by atoms with Crippen molar-refractivity contribution >= 4 is 5.84 Å². The molecule has 0 aliphatic carbocycles. The Morgan fingerprint density at radius 2 is 1.83 bits per heavy atom. The summed E-state index contributed by atoms with van der Waals surface area (Å²) in [6.45, 7) is 5.63. The first-order chi connectivity index (χ1) is 14.2. The van der Waals surface area contributed by atoms with Gasteiger partial charge in [0.25, 0.3) is 5.56 Å². The summed E-state index contributed by atoms with van der Waals surface area (Å²) < 4.78 is 32.4. The van der Waals surface area contributed by atoms with E-state index in [1.165, 1.54) is 6.07 Å². The van der Waals surface area contributed by atoms with Crippen LogP contribution >= 0.6 is 0 Å². The van der Waals surface area contributed by atoms with Crippen LogP contribution in [-0.4, -0.2) is 10.8 Å². The van der Waals surface area contributed by atoms with Crippen molar-refractivity contribution in [1.29, 1.82) is 0 Å². The molecule has 156 valence electrons. The normalized spacial score (nSPS) is 12.6. The van der Waals surface area contributed by atoms with E-state index < -0.39 is 17.7 Å². The molecule has 0 bridgehead atoms. The first kappa shape index (κ1) is 21.2. The Labute approximate surface area is 173 Å². The second-order valence-corrected chi connectivity index (χ2v) is 7.10. The average Bonchev–Trinajstić information content (AvgIpc) is 2.69. The number of amidine groups is 1. The van der Waals surface area contributed by atoms with Crippen LogP contribution in [0.1, 0.15) is 41.0 Å². The lowest BCUT2D eigenvalue weighted by atomic mass is 10.1. The number of hydrogen-bond donors (Lipinski definition) is 2. The minimum atomic E-state index is -0.753. The number of aromatic nitrogens is 1. The van der Waals surface area contributed by atoms with Crippen molar-refractivity contribution in [1.82, 2.24) is 4.98 Å². The maximum Gasteiger partial charge on any atom is 0.253 e. The number of ether oxygens (including phenoxy) is 1. The van der Waals surface area contributed by atoms with Crippen LogP contribution in [-0.2, 0) is 6.54 Å². The van der Waals surface area contributed by atoms with Crippen LogP contribution in [0.25, 0.3) is 0 Å². The number of pyridine rings is 1. The summed E-state index contributed by atoms with van der Waals surface area (Å²) in [7, 11) is 0. The lowest BCUT2D eigenvalue weighted by Crippen LogP contribution is -2.18. The van der Waals surface area contributed by atoms with Gasteiger partial charge in [-0.25, -0.2) is 8.78 Å². The molecule has 0 fully saturated rings. The fraction of sp³-hybridized carbons (Fsp3) is 0.217. The Balaban J connectivity index is 1.71. The van der Waals surface area contributed by atoms with E-state index >= 15 is 0 Å². The number of rotatable bonds is 6. The molecule has 7 heteroatoms. The highest BCUT2D eigenvalue weighted by molar-refractivity contribution is 5.97. The van der Waals surface area contributed by atoms with Gasteiger partial charge in [0.15, 0.2) is 11.6 Å². The van der Waals surface area contributed by atoms with E-state index in [1.807, 2.05) is 19.9 Å². The fourth-order valence-electron chi connectivity index (χ4n) is 3.09. The molecular weight excluding hydrogens is 388 g/mol. The van der Waals surface area contributed by atoms with Gasteiger partial charge in [-0.3, -0.25) is 9.79 Å². The molecule has 1 heterocycles. The van der Waals surface area contributed by atoms with Crippen LogP contribution in [0.5, 0.6) is 5.75 Å². The Kier molecular flexibility index (Phi) is 6.30. The van der Waals surface area contributed by atoms with Crippen molar-refractivity contribution in [3.63, 3.8) is 0 Å². The van der Waals surface area contributed by atoms with Crippen molar-refractivity contribution in [3.05, 3.63) is 98.5 Å². The van der Waals surface area contributed by atoms with E-state index in [1.54, 1.807) is 31.2 Å². The van der Waals surface area contributed by atoms with E-state index in [2.05, 4.69) is 9.98 Å². The van der Waals surface area contributed by atoms with E-state index in [4.69, 9.17) is 10.5 Å². The highest BCUT2D eigenvalue weighted by Crippen LogP contribution is 2.25. The number of H-pyrrole nitrogens is 1. The molecule has 0 amide bonds. The number of nitrogens with two attached hydrogens (primary N) is 1. The van der Waals surface area contributed by atoms with Gasteiger partial charge in [0.1, 0.15) is 17.8 Å². The summed E-state index contributed by atoms with van der Waals surface area (Å²) in [5.74, 6) is -1.13. The first-order valence-corrected chi connectivity index (χ1v) is 9.46. The van der Waals surface area contributed by atoms with Gasteiger partial charge in [-0.15, -0.1) is 0 Å². The third-order valence-electron chi connectivity index (χ3n) is 4.77. The maximum absolute atomic E-state index is 13.8. The minimum Gasteiger partial charge on any atom is -0.483 e. The molecule has 3 aromatic rings. The SMILES string of the molecule is Cc1cc(C)c(CN=C(N)c2ccc(C(C)Oc3ccc(F)cc3F)cc2)c(=O)[nH]1. The summed E-state index contributed by atoms with van der Waals surface area (Å²) in [5.41, 5.74) is 9.63. The molecule has 0 spiro atoms. The Hall–Kier alpha value is -3.48. The van der Waals surface area contributed by atoms with Crippen molar-refractivity contribution in [2.45, 2.75) is 33.4 Å². The monoisotopic (exact) mass is 411 g/mol. The van der Waals surface area contributed by atoms with E-state index in [0.717, 1.165) is 29.0 Å². The Morgan fingerprint density at radius 1 is 1.13 bits per heavy atom. The molecule has 5 nitrogen and oxygen atoms in total. The van der Waals surface area contributed by atoms with Crippen LogP contribution in [0.4, 0.5) is 8.78 Å². The first-order valence-electron chi connectivity index (χ1n) is 9.46. The van der Waals surface area contributed by atoms with Gasteiger partial charge in [0.2, 0.25) is 0 Å². The van der Waals surface area contributed by atoms with Crippen LogP contribution in [0.3, 0.4) is 0 Å². The fourth-order valence-corrected chi connectivity index (χ4v) is 3.09. The molecule has 3 rings (SSSR count). The molecule has 0 aliphatic rings. The third-order valence-corrected chi connectivity index (χ3v) is 4.77. The topological polar surface area (TPSA) is 80.5 Å². The standard InChI is InChI=1S/C23H23F2N3O2/c1-13-10-14(2)28-23(29)19(13)12-27-22(26)17-6-4-16(5-7-17)15(3)30-21-9-8-18(24)11-20(21)25/h4-11,15H,12H2,1-3H3,(H2,26,27)(H,28,29). The molecule has 0 saturated carbocycles. The summed E-state index contributed by atoms with van der Waals surface area (Å²) in [4.78, 5) is 19.2. The molecule has 3 N–H and O–H groups in total. The molecule has 1 atom stereocenters. The highest BCUT2D eigenvalue weighted by Gasteiger charge is 2.12. The number of nitrogens with zero attached hydrogens (tertiary/aromatic N) is 1. The third kappa shape index (κ3) is 4.92. The summed E-state index contributed by atoms with van der Waals surface area (Å²) in [5, 5.41) is 0. The maximum atomic E-state index is 13.8. The van der Waals surface area contributed by atoms with Crippen LogP contribution in [0.2, 0.25) is 0 Å². The summed E-state index contributed by atoms with van der Waals surface area (Å²) in [6.07, 6.45) is -0.453. The van der Waals surface area contributed by atoms with E-state index in [9.17, 15) is 13.6 Å². The number of aromatic amines is 1. The number of aryl methyl sites for hydroxylation is 2. The lowest BCUT2D eigenvalue weighted by molar-refractivity contribution is 0.216. The number of nitrogens with one attached hydrogen (secondary N) is 1. The van der Waals surface area contributed by atoms with Crippen molar-refractivity contribution in [2.24, 2.45) is 10.7 Å². The highest BCUT2D eigenvalue weighted by atomic mass is 19.1. The molecule has 2 aromatic carbocycles. The van der Waals surface area contributed by atoms with Gasteiger partial charge in [0.05, 0.1) is 6.54 Å². The summed E-state index contributed by atoms with van der Waals surface area (Å²) in [6, 6.07) is 12.2. The molecule has 1 aromatic heterocycles. The van der Waals surface area contributed by atoms with Gasteiger partial charge >= 0.3 is 0 Å². The van der Waals surface area contributed by atoms with Gasteiger partial charge in [-0.2, -0.15) is 0 Å². The molecular formula is C23H23F2N3O2. The Bertz CT molecular complexity index is 1140. The second-order valence-electron chi connectivity index (χ2n) is 7.10. The lowest BCUT2D eigenvalue weighted by Gasteiger charge is -2.16. The van der Waals surface area contributed by atoms with Gasteiger partial charge in [-0.05, 0) is 50.1 Å². The zero-order valence-corrected chi connectivity index (χ0v) is 17.0. The molecule has 0 aliphatic heterocycles. The zero-order valence-electron chi connectivity index (χ0n) is 17.0.